The number of carboxylic acids is 1. The summed E-state index contributed by atoms with van der Waals surface area (Å²) < 4.78 is 25.1. The molecular weight excluding hydrogens is 324 g/mol. The van der Waals surface area contributed by atoms with Gasteiger partial charge in [-0.2, -0.15) is 0 Å². The Balaban J connectivity index is 2.73. The maximum atomic E-state index is 12.1. The standard InChI is InChI=1S/C14H12N2O6S/c1-23(21,22)15(11-5-3-2-4-6-11)12-7-10(14(17)18)8-13(9-12)16(19)20/h2-9H,1H3,(H,17,18). The number of non-ortho nitro benzene ring substituents is 1. The van der Waals surface area contributed by atoms with E-state index >= 15 is 0 Å². The largest absolute Gasteiger partial charge is 0.478 e. The number of carboxylic acid groups (broad SMARTS) is 1. The zero-order valence-electron chi connectivity index (χ0n) is 11.9. The number of sulfonamides is 1. The van der Waals surface area contributed by atoms with Crippen LogP contribution in [0.4, 0.5) is 17.1 Å². The van der Waals surface area contributed by atoms with E-state index in [4.69, 9.17) is 5.11 Å². The highest BCUT2D eigenvalue weighted by atomic mass is 32.2. The SMILES string of the molecule is CS(=O)(=O)N(c1ccccc1)c1cc(C(=O)O)cc([N+](=O)[O-])c1. The Hall–Kier alpha value is -2.94. The van der Waals surface area contributed by atoms with Gasteiger partial charge in [-0.15, -0.1) is 0 Å². The summed E-state index contributed by atoms with van der Waals surface area (Å²) in [6.45, 7) is 0. The van der Waals surface area contributed by atoms with Gasteiger partial charge in [0.25, 0.3) is 5.69 Å². The van der Waals surface area contributed by atoms with E-state index in [9.17, 15) is 23.3 Å². The number of hydrogen-bond donors (Lipinski definition) is 1. The summed E-state index contributed by atoms with van der Waals surface area (Å²) in [5.41, 5.74) is -0.764. The molecule has 0 heterocycles. The number of aromatic carboxylic acids is 1. The quantitative estimate of drug-likeness (QED) is 0.661. The molecule has 0 aromatic heterocycles. The average Bonchev–Trinajstić information content (AvgIpc) is 2.46. The highest BCUT2D eigenvalue weighted by molar-refractivity contribution is 7.92. The van der Waals surface area contributed by atoms with Gasteiger partial charge in [0.05, 0.1) is 28.1 Å². The summed E-state index contributed by atoms with van der Waals surface area (Å²) in [6, 6.07) is 10.8. The van der Waals surface area contributed by atoms with Crippen molar-refractivity contribution in [1.82, 2.24) is 0 Å². The van der Waals surface area contributed by atoms with Crippen molar-refractivity contribution < 1.29 is 23.2 Å². The lowest BCUT2D eigenvalue weighted by atomic mass is 10.1. The van der Waals surface area contributed by atoms with Crippen molar-refractivity contribution in [2.45, 2.75) is 0 Å². The van der Waals surface area contributed by atoms with Gasteiger partial charge < -0.3 is 5.11 Å². The van der Waals surface area contributed by atoms with Crippen LogP contribution in [0.5, 0.6) is 0 Å². The smallest absolute Gasteiger partial charge is 0.336 e. The third-order valence-electron chi connectivity index (χ3n) is 2.92. The predicted molar refractivity (Wildman–Crippen MR) is 83.5 cm³/mol. The summed E-state index contributed by atoms with van der Waals surface area (Å²) in [5.74, 6) is -1.39. The number of anilines is 2. The molecular formula is C14H12N2O6S. The maximum absolute atomic E-state index is 12.1. The molecule has 0 fully saturated rings. The van der Waals surface area contributed by atoms with Crippen LogP contribution in [0, 0.1) is 10.1 Å². The molecule has 8 nitrogen and oxygen atoms in total. The molecule has 2 rings (SSSR count). The van der Waals surface area contributed by atoms with Crippen molar-refractivity contribution in [2.75, 3.05) is 10.6 Å². The van der Waals surface area contributed by atoms with Gasteiger partial charge in [-0.25, -0.2) is 17.5 Å². The molecule has 0 aliphatic rings. The molecule has 2 aromatic rings. The minimum absolute atomic E-state index is 0.120. The normalized spacial score (nSPS) is 11.0. The topological polar surface area (TPSA) is 118 Å². The number of nitro benzene ring substituents is 1. The molecule has 1 N–H and O–H groups in total. The number of carbonyl (C=O) groups is 1. The molecule has 0 saturated carbocycles. The number of para-hydroxylation sites is 1. The average molecular weight is 336 g/mol. The molecule has 0 spiro atoms. The summed E-state index contributed by atoms with van der Waals surface area (Å²) in [7, 11) is -3.84. The second kappa shape index (κ2) is 6.05. The summed E-state index contributed by atoms with van der Waals surface area (Å²) in [6.07, 6.45) is 0.930. The monoisotopic (exact) mass is 336 g/mol. The van der Waals surface area contributed by atoms with Crippen molar-refractivity contribution in [1.29, 1.82) is 0 Å². The lowest BCUT2D eigenvalue weighted by molar-refractivity contribution is -0.384. The first-order chi connectivity index (χ1) is 10.7. The van der Waals surface area contributed by atoms with E-state index in [2.05, 4.69) is 0 Å². The van der Waals surface area contributed by atoms with E-state index in [-0.39, 0.29) is 16.9 Å². The first-order valence-electron chi connectivity index (χ1n) is 6.28. The number of benzene rings is 2. The first-order valence-corrected chi connectivity index (χ1v) is 8.13. The van der Waals surface area contributed by atoms with Gasteiger partial charge in [0.15, 0.2) is 0 Å². The summed E-state index contributed by atoms with van der Waals surface area (Å²) in [5, 5.41) is 20.1. The van der Waals surface area contributed by atoms with E-state index in [0.717, 1.165) is 28.8 Å². The van der Waals surface area contributed by atoms with Crippen LogP contribution in [0.25, 0.3) is 0 Å². The van der Waals surface area contributed by atoms with Crippen LogP contribution in [-0.2, 0) is 10.0 Å². The lowest BCUT2D eigenvalue weighted by Crippen LogP contribution is -2.25. The molecule has 9 heteroatoms. The van der Waals surface area contributed by atoms with E-state index in [1.54, 1.807) is 18.2 Å². The van der Waals surface area contributed by atoms with Crippen molar-refractivity contribution in [3.8, 4) is 0 Å². The maximum Gasteiger partial charge on any atom is 0.336 e. The van der Waals surface area contributed by atoms with Gasteiger partial charge in [-0.3, -0.25) is 10.1 Å². The molecule has 0 atom stereocenters. The first kappa shape index (κ1) is 16.4. The van der Waals surface area contributed by atoms with Crippen molar-refractivity contribution in [3.05, 3.63) is 64.2 Å². The third-order valence-corrected chi connectivity index (χ3v) is 4.00. The molecule has 0 radical (unpaired) electrons. The second-order valence-corrected chi connectivity index (χ2v) is 6.49. The van der Waals surface area contributed by atoms with E-state index in [1.807, 2.05) is 0 Å². The molecule has 23 heavy (non-hydrogen) atoms. The van der Waals surface area contributed by atoms with E-state index in [0.29, 0.717) is 0 Å². The Kier molecular flexibility index (Phi) is 4.32. The van der Waals surface area contributed by atoms with Crippen molar-refractivity contribution in [3.63, 3.8) is 0 Å². The Bertz CT molecular complexity index is 832. The number of rotatable bonds is 5. The van der Waals surface area contributed by atoms with Gasteiger partial charge in [0.2, 0.25) is 10.0 Å². The Morgan fingerprint density at radius 2 is 1.74 bits per heavy atom. The molecule has 0 amide bonds. The molecule has 0 aliphatic heterocycles. The highest BCUT2D eigenvalue weighted by Gasteiger charge is 2.24. The van der Waals surface area contributed by atoms with Gasteiger partial charge >= 0.3 is 5.97 Å². The van der Waals surface area contributed by atoms with Crippen molar-refractivity contribution in [2.24, 2.45) is 0 Å². The Morgan fingerprint density at radius 1 is 1.13 bits per heavy atom. The second-order valence-electron chi connectivity index (χ2n) is 4.66. The van der Waals surface area contributed by atoms with Crippen LogP contribution in [0.15, 0.2) is 48.5 Å². The van der Waals surface area contributed by atoms with E-state index in [1.165, 1.54) is 12.1 Å². The fourth-order valence-corrected chi connectivity index (χ4v) is 3.03. The summed E-state index contributed by atoms with van der Waals surface area (Å²) >= 11 is 0. The highest BCUT2D eigenvalue weighted by Crippen LogP contribution is 2.32. The van der Waals surface area contributed by atoms with Crippen LogP contribution in [-0.4, -0.2) is 30.7 Å². The minimum Gasteiger partial charge on any atom is -0.478 e. The number of nitro groups is 1. The lowest BCUT2D eigenvalue weighted by Gasteiger charge is -2.22. The zero-order valence-corrected chi connectivity index (χ0v) is 12.7. The predicted octanol–water partition coefficient (Wildman–Crippen LogP) is 2.39. The zero-order chi connectivity index (χ0) is 17.2. The molecule has 0 aliphatic carbocycles. The number of nitrogens with zero attached hydrogens (tertiary/aromatic N) is 2. The van der Waals surface area contributed by atoms with Gasteiger partial charge in [-0.1, -0.05) is 18.2 Å². The van der Waals surface area contributed by atoms with Crippen LogP contribution in [0.2, 0.25) is 0 Å². The molecule has 0 unspecified atom stereocenters. The molecule has 120 valence electrons. The fourth-order valence-electron chi connectivity index (χ4n) is 2.04. The van der Waals surface area contributed by atoms with Crippen LogP contribution < -0.4 is 4.31 Å². The summed E-state index contributed by atoms with van der Waals surface area (Å²) in [4.78, 5) is 21.4. The van der Waals surface area contributed by atoms with Crippen LogP contribution in [0.3, 0.4) is 0 Å². The van der Waals surface area contributed by atoms with Crippen LogP contribution in [0.1, 0.15) is 10.4 Å². The van der Waals surface area contributed by atoms with Crippen molar-refractivity contribution >= 4 is 33.1 Å². The molecule has 0 bridgehead atoms. The Labute approximate surface area is 131 Å². The molecule has 2 aromatic carbocycles. The van der Waals surface area contributed by atoms with Gasteiger partial charge in [0, 0.05) is 12.1 Å². The van der Waals surface area contributed by atoms with Crippen LogP contribution >= 0.6 is 0 Å². The minimum atomic E-state index is -3.84. The Morgan fingerprint density at radius 3 is 2.22 bits per heavy atom. The van der Waals surface area contributed by atoms with Gasteiger partial charge in [0.1, 0.15) is 0 Å². The van der Waals surface area contributed by atoms with Gasteiger partial charge in [-0.05, 0) is 18.2 Å². The fraction of sp³-hybridized carbons (Fsp3) is 0.0714. The number of hydrogen-bond acceptors (Lipinski definition) is 5. The molecule has 0 saturated heterocycles. The van der Waals surface area contributed by atoms with E-state index < -0.39 is 26.6 Å². The third kappa shape index (κ3) is 3.64.